The molecule has 0 rings (SSSR count). The van der Waals surface area contributed by atoms with Crippen molar-refractivity contribution in [2.45, 2.75) is 189 Å². The minimum Gasteiger partial charge on any atom is -0.393 e. The topological polar surface area (TPSA) is 186 Å². The maximum Gasteiger partial charge on any atom is 0.0544 e. The minimum absolute atomic E-state index is 0.116. The van der Waals surface area contributed by atoms with Crippen LogP contribution in [0.4, 0.5) is 0 Å². The molecule has 0 bridgehead atoms. The van der Waals surface area contributed by atoms with Crippen molar-refractivity contribution in [2.75, 3.05) is 59.1 Å². The molecule has 13 N–H and O–H groups in total. The van der Waals surface area contributed by atoms with E-state index in [1.165, 1.54) is 65.2 Å². The van der Waals surface area contributed by atoms with Gasteiger partial charge in [-0.3, -0.25) is 0 Å². The summed E-state index contributed by atoms with van der Waals surface area (Å²) >= 11 is 5.75. The van der Waals surface area contributed by atoms with Crippen LogP contribution in [0.25, 0.3) is 0 Å². The number of hydrogen-bond acceptors (Lipinski definition) is 10. The van der Waals surface area contributed by atoms with Gasteiger partial charge in [-0.05, 0) is 112 Å². The Hall–Kier alpha value is 0.120. The zero-order chi connectivity index (χ0) is 45.0. The van der Waals surface area contributed by atoms with Crippen molar-refractivity contribution >= 4 is 24.4 Å². The summed E-state index contributed by atoms with van der Waals surface area (Å²) < 4.78 is 5.19. The lowest BCUT2D eigenvalue weighted by Gasteiger charge is -2.05. The summed E-state index contributed by atoms with van der Waals surface area (Å²) in [5.41, 5.74) is 28.8. The van der Waals surface area contributed by atoms with Crippen LogP contribution < -0.4 is 34.4 Å². The third kappa shape index (κ3) is 864. The predicted octanol–water partition coefficient (Wildman–Crippen LogP) is 10.6. The van der Waals surface area contributed by atoms with Crippen molar-refractivity contribution in [1.82, 2.24) is 0 Å². The Morgan fingerprint density at radius 3 is 0.800 bits per heavy atom. The highest BCUT2D eigenvalue weighted by Gasteiger charge is 1.91. The van der Waals surface area contributed by atoms with Gasteiger partial charge in [0.25, 0.3) is 0 Å². The third-order valence-corrected chi connectivity index (χ3v) is 3.66. The number of thiol groups is 1. The van der Waals surface area contributed by atoms with Gasteiger partial charge in [-0.25, -0.2) is 0 Å². The predicted molar refractivity (Wildman–Crippen MR) is 256 cm³/mol. The first-order valence-corrected chi connectivity index (χ1v) is 21.1. The van der Waals surface area contributed by atoms with Crippen molar-refractivity contribution in [3.8, 4) is 0 Å². The van der Waals surface area contributed by atoms with Crippen LogP contribution in [0.1, 0.15) is 171 Å². The lowest BCUT2D eigenvalue weighted by atomic mass is 10.2. The summed E-state index contributed by atoms with van der Waals surface area (Å²) in [5.74, 6) is 4.35. The molecule has 0 radical (unpaired) electrons. The molecule has 0 aromatic rings. The Morgan fingerprint density at radius 2 is 0.780 bits per heavy atom. The molecule has 0 aromatic carbocycles. The number of rotatable bonds is 7. The second kappa shape index (κ2) is 180. The molecule has 0 amide bonds. The maximum atomic E-state index is 8.36. The Kier molecular flexibility index (Phi) is 353. The molecule has 50 heavy (non-hydrogen) atoms. The molecule has 0 saturated heterocycles. The van der Waals surface area contributed by atoms with Crippen molar-refractivity contribution in [1.29, 1.82) is 0 Å². The molecule has 328 valence electrons. The second-order valence-corrected chi connectivity index (χ2v) is 11.2. The van der Waals surface area contributed by atoms with E-state index >= 15 is 0 Å². The van der Waals surface area contributed by atoms with Crippen molar-refractivity contribution in [2.24, 2.45) is 40.3 Å². The van der Waals surface area contributed by atoms with Gasteiger partial charge >= 0.3 is 0 Å². The van der Waals surface area contributed by atoms with Gasteiger partial charge < -0.3 is 44.2 Å². The fourth-order valence-corrected chi connectivity index (χ4v) is 1.01. The van der Waals surface area contributed by atoms with Gasteiger partial charge in [0.15, 0.2) is 0 Å². The summed E-state index contributed by atoms with van der Waals surface area (Å²) in [6.07, 6.45) is 4.87. The van der Waals surface area contributed by atoms with E-state index in [1.807, 2.05) is 87.9 Å². The second-order valence-electron chi connectivity index (χ2n) is 8.99. The van der Waals surface area contributed by atoms with Crippen LogP contribution in [0, 0.1) is 5.92 Å². The first kappa shape index (κ1) is 98.0. The van der Waals surface area contributed by atoms with Crippen LogP contribution >= 0.6 is 24.4 Å². The fourth-order valence-electron chi connectivity index (χ4n) is 0.606. The molecule has 0 spiro atoms. The molecule has 0 aliphatic heterocycles. The van der Waals surface area contributed by atoms with Gasteiger partial charge in [0, 0.05) is 6.61 Å². The monoisotopic (exact) mass is 775 g/mol. The summed E-state index contributed by atoms with van der Waals surface area (Å²) in [6, 6.07) is 0.333. The van der Waals surface area contributed by atoms with Crippen LogP contribution in [0.3, 0.4) is 0 Å². The first-order chi connectivity index (χ1) is 23.6. The van der Waals surface area contributed by atoms with Crippen molar-refractivity contribution < 1.29 is 9.84 Å². The van der Waals surface area contributed by atoms with E-state index in [0.29, 0.717) is 12.1 Å². The van der Waals surface area contributed by atoms with Crippen LogP contribution in [0.2, 0.25) is 0 Å². The van der Waals surface area contributed by atoms with E-state index < -0.39 is 0 Å². The molecule has 2 atom stereocenters. The summed E-state index contributed by atoms with van der Waals surface area (Å²) in [5, 5.41) is 8.36. The average molecular weight is 776 g/mol. The Bertz CT molecular complexity index is 290. The molecule has 8 nitrogen and oxygen atoms in total. The zero-order valence-electron chi connectivity index (χ0n) is 40.3. The summed E-state index contributed by atoms with van der Waals surface area (Å²) in [7, 11) is 7.50. The van der Waals surface area contributed by atoms with Crippen molar-refractivity contribution in [3.63, 3.8) is 0 Å². The number of nitrogens with two attached hydrogens (primary N) is 6. The molecule has 2 unspecified atom stereocenters. The molecular weight excluding hydrogens is 661 g/mol. The quantitative estimate of drug-likeness (QED) is 0.0920. The van der Waals surface area contributed by atoms with Gasteiger partial charge in [-0.2, -0.15) is 24.4 Å². The molecular formula is C40H114N6O2S2. The smallest absolute Gasteiger partial charge is 0.0544 e. The van der Waals surface area contributed by atoms with Crippen molar-refractivity contribution in [3.05, 3.63) is 12.2 Å². The van der Waals surface area contributed by atoms with E-state index in [-0.39, 0.29) is 6.10 Å². The molecule has 0 saturated carbocycles. The van der Waals surface area contributed by atoms with Gasteiger partial charge in [0.05, 0.1) is 12.2 Å². The molecule has 0 aromatic heterocycles. The highest BCUT2D eigenvalue weighted by atomic mass is 32.2. The van der Waals surface area contributed by atoms with E-state index in [4.69, 9.17) is 15.6 Å². The summed E-state index contributed by atoms with van der Waals surface area (Å²) in [6.45, 7) is 47.4. The minimum atomic E-state index is -0.116. The third-order valence-electron chi connectivity index (χ3n) is 2.84. The van der Waals surface area contributed by atoms with E-state index in [0.717, 1.165) is 31.1 Å². The maximum absolute atomic E-state index is 8.36. The highest BCUT2D eigenvalue weighted by molar-refractivity contribution is 7.99. The standard InChI is InChI=1S/C6H14O.C5H12.C4H10O.C4H10S.C4H8.C3H9N.C3H8.C2H6S.2C2H6.5CH5N/c1-4-6(3)7-5-2;1-4-5(2)3;1-3-4(2)5;1-3-5-4-2;1-4(2)3;1-3(2)4;1-3-2;1-2-3;7*1-2/h6H,4-5H2,1-3H3;5H,4H2,1-3H3;4-5H,3H2,1-2H3;3-4H2,1-2H3;1H2,2-3H3;3H,4H2,1-2H3;3H2,1-2H3;3H,2H2,1H3;2*1-2H3;5*2H2,1H3. The molecule has 0 aliphatic carbocycles. The van der Waals surface area contributed by atoms with Gasteiger partial charge in [-0.15, -0.1) is 6.58 Å². The highest BCUT2D eigenvalue weighted by Crippen LogP contribution is 1.94. The first-order valence-electron chi connectivity index (χ1n) is 19.3. The van der Waals surface area contributed by atoms with E-state index in [2.05, 4.69) is 110 Å². The SMILES string of the molecule is C=C(C)C.CC.CC.CC(C)N.CCC.CCC(C)C.CCC(C)O.CCOC(C)CC.CCS.CCSCC.CN.CN.CN.CN.CN. The Morgan fingerprint density at radius 1 is 0.620 bits per heavy atom. The van der Waals surface area contributed by atoms with E-state index in [9.17, 15) is 0 Å². The van der Waals surface area contributed by atoms with Gasteiger partial charge in [0.1, 0.15) is 0 Å². The number of ether oxygens (including phenoxy) is 1. The average Bonchev–Trinajstić information content (AvgIpc) is 3.12. The fraction of sp³-hybridized carbons (Fsp3) is 0.950. The molecule has 10 heteroatoms. The molecule has 0 aliphatic rings. The lowest BCUT2D eigenvalue weighted by molar-refractivity contribution is 0.0739. The van der Waals surface area contributed by atoms with Crippen LogP contribution in [-0.4, -0.2) is 82.5 Å². The Labute approximate surface area is 334 Å². The number of aliphatic hydroxyl groups is 1. The lowest BCUT2D eigenvalue weighted by Crippen LogP contribution is -2.06. The van der Waals surface area contributed by atoms with Crippen LogP contribution in [0.15, 0.2) is 12.2 Å². The molecule has 0 fully saturated rings. The number of hydrogen-bond donors (Lipinski definition) is 8. The van der Waals surface area contributed by atoms with Crippen LogP contribution in [0.5, 0.6) is 0 Å². The molecule has 0 heterocycles. The largest absolute Gasteiger partial charge is 0.393 e. The normalized spacial score (nSPS) is 8.08. The number of aliphatic hydroxyl groups excluding tert-OH is 1. The van der Waals surface area contributed by atoms with Gasteiger partial charge in [-0.1, -0.05) is 129 Å². The summed E-state index contributed by atoms with van der Waals surface area (Å²) in [4.78, 5) is 0. The zero-order valence-corrected chi connectivity index (χ0v) is 42.1. The number of thioether (sulfide) groups is 1. The Balaban J connectivity index is -0.0000000207. The van der Waals surface area contributed by atoms with Crippen LogP contribution in [-0.2, 0) is 4.74 Å². The number of allylic oxidation sites excluding steroid dienone is 1. The van der Waals surface area contributed by atoms with E-state index in [1.54, 1.807) is 6.92 Å². The van der Waals surface area contributed by atoms with Gasteiger partial charge in [0.2, 0.25) is 0 Å².